The zero-order valence-corrected chi connectivity index (χ0v) is 13.8. The molecule has 0 saturated heterocycles. The lowest BCUT2D eigenvalue weighted by atomic mass is 10.1. The predicted molar refractivity (Wildman–Crippen MR) is 90.9 cm³/mol. The maximum atomic E-state index is 11.9. The van der Waals surface area contributed by atoms with E-state index in [2.05, 4.69) is 26.6 Å². The Morgan fingerprint density at radius 1 is 1.09 bits per heavy atom. The van der Waals surface area contributed by atoms with Gasteiger partial charge in [-0.2, -0.15) is 0 Å². The van der Waals surface area contributed by atoms with Gasteiger partial charge in [-0.05, 0) is 47.1 Å². The van der Waals surface area contributed by atoms with Crippen LogP contribution >= 0.6 is 15.9 Å². The van der Waals surface area contributed by atoms with Gasteiger partial charge in [0, 0.05) is 23.0 Å². The van der Waals surface area contributed by atoms with Gasteiger partial charge in [-0.15, -0.1) is 0 Å². The highest BCUT2D eigenvalue weighted by Crippen LogP contribution is 2.21. The molecule has 0 unspecified atom stereocenters. The Hall–Kier alpha value is -2.14. The van der Waals surface area contributed by atoms with Gasteiger partial charge in [-0.1, -0.05) is 29.8 Å². The number of aryl methyl sites for hydroxylation is 1. The van der Waals surface area contributed by atoms with Crippen LogP contribution in [-0.2, 0) is 4.79 Å². The molecule has 0 atom stereocenters. The molecular formula is C17H17BrN2O2. The number of para-hydroxylation sites is 1. The summed E-state index contributed by atoms with van der Waals surface area (Å²) in [7, 11) is 0. The zero-order chi connectivity index (χ0) is 15.9. The SMILES string of the molecule is Cc1cccc(C(=O)NCCC(=O)Nc2ccccc2Br)c1. The summed E-state index contributed by atoms with van der Waals surface area (Å²) in [4.78, 5) is 23.8. The number of hydrogen-bond donors (Lipinski definition) is 2. The van der Waals surface area contributed by atoms with Crippen LogP contribution in [-0.4, -0.2) is 18.4 Å². The van der Waals surface area contributed by atoms with Gasteiger partial charge in [0.25, 0.3) is 5.91 Å². The highest BCUT2D eigenvalue weighted by atomic mass is 79.9. The van der Waals surface area contributed by atoms with Crippen molar-refractivity contribution in [3.05, 3.63) is 64.1 Å². The van der Waals surface area contributed by atoms with Crippen molar-refractivity contribution in [2.24, 2.45) is 0 Å². The van der Waals surface area contributed by atoms with Crippen molar-refractivity contribution in [2.75, 3.05) is 11.9 Å². The fourth-order valence-electron chi connectivity index (χ4n) is 1.95. The third-order valence-corrected chi connectivity index (χ3v) is 3.76. The van der Waals surface area contributed by atoms with Crippen LogP contribution in [0.25, 0.3) is 0 Å². The second kappa shape index (κ2) is 7.75. The standard InChI is InChI=1S/C17H17BrN2O2/c1-12-5-4-6-13(11-12)17(22)19-10-9-16(21)20-15-8-3-2-7-14(15)18/h2-8,11H,9-10H2,1H3,(H,19,22)(H,20,21). The topological polar surface area (TPSA) is 58.2 Å². The number of anilines is 1. The second-order valence-corrected chi connectivity index (χ2v) is 5.76. The van der Waals surface area contributed by atoms with E-state index in [1.165, 1.54) is 0 Å². The highest BCUT2D eigenvalue weighted by molar-refractivity contribution is 9.10. The normalized spacial score (nSPS) is 10.1. The molecule has 22 heavy (non-hydrogen) atoms. The minimum absolute atomic E-state index is 0.142. The fraction of sp³-hybridized carbons (Fsp3) is 0.176. The van der Waals surface area contributed by atoms with Gasteiger partial charge in [-0.3, -0.25) is 9.59 Å². The molecule has 2 aromatic carbocycles. The van der Waals surface area contributed by atoms with E-state index in [9.17, 15) is 9.59 Å². The van der Waals surface area contributed by atoms with Crippen LogP contribution < -0.4 is 10.6 Å². The van der Waals surface area contributed by atoms with Crippen molar-refractivity contribution in [1.29, 1.82) is 0 Å². The molecule has 2 aromatic rings. The Bertz CT molecular complexity index is 686. The van der Waals surface area contributed by atoms with Gasteiger partial charge < -0.3 is 10.6 Å². The summed E-state index contributed by atoms with van der Waals surface area (Å²) < 4.78 is 0.826. The van der Waals surface area contributed by atoms with Gasteiger partial charge in [0.05, 0.1) is 5.69 Å². The van der Waals surface area contributed by atoms with E-state index in [1.807, 2.05) is 49.4 Å². The van der Waals surface area contributed by atoms with E-state index in [-0.39, 0.29) is 18.2 Å². The minimum atomic E-state index is -0.169. The second-order valence-electron chi connectivity index (χ2n) is 4.90. The van der Waals surface area contributed by atoms with Crippen molar-refractivity contribution in [3.63, 3.8) is 0 Å². The first-order valence-corrected chi connectivity index (χ1v) is 7.75. The third kappa shape index (κ3) is 4.70. The van der Waals surface area contributed by atoms with E-state index < -0.39 is 0 Å². The van der Waals surface area contributed by atoms with Crippen molar-refractivity contribution < 1.29 is 9.59 Å². The molecule has 0 saturated carbocycles. The first-order chi connectivity index (χ1) is 10.6. The average molecular weight is 361 g/mol. The van der Waals surface area contributed by atoms with Crippen LogP contribution in [0.4, 0.5) is 5.69 Å². The van der Waals surface area contributed by atoms with Gasteiger partial charge in [0.2, 0.25) is 5.91 Å². The number of nitrogens with one attached hydrogen (secondary N) is 2. The maximum absolute atomic E-state index is 11.9. The van der Waals surface area contributed by atoms with Crippen LogP contribution in [0.15, 0.2) is 53.0 Å². The summed E-state index contributed by atoms with van der Waals surface area (Å²) in [6.07, 6.45) is 0.221. The van der Waals surface area contributed by atoms with Crippen molar-refractivity contribution in [2.45, 2.75) is 13.3 Å². The number of benzene rings is 2. The van der Waals surface area contributed by atoms with Gasteiger partial charge in [0.1, 0.15) is 0 Å². The van der Waals surface area contributed by atoms with Crippen molar-refractivity contribution in [1.82, 2.24) is 5.32 Å². The lowest BCUT2D eigenvalue weighted by Gasteiger charge is -2.08. The van der Waals surface area contributed by atoms with Crippen LogP contribution in [0.3, 0.4) is 0 Å². The van der Waals surface area contributed by atoms with Crippen molar-refractivity contribution >= 4 is 33.4 Å². The molecule has 2 rings (SSSR count). The minimum Gasteiger partial charge on any atom is -0.352 e. The monoisotopic (exact) mass is 360 g/mol. The molecule has 0 heterocycles. The summed E-state index contributed by atoms with van der Waals surface area (Å²) in [5, 5.41) is 5.54. The molecule has 4 nitrogen and oxygen atoms in total. The molecule has 114 valence electrons. The molecule has 0 aromatic heterocycles. The van der Waals surface area contributed by atoms with E-state index in [4.69, 9.17) is 0 Å². The molecule has 0 spiro atoms. The van der Waals surface area contributed by atoms with Gasteiger partial charge in [-0.25, -0.2) is 0 Å². The van der Waals surface area contributed by atoms with Gasteiger partial charge in [0.15, 0.2) is 0 Å². The molecule has 2 N–H and O–H groups in total. The lowest BCUT2D eigenvalue weighted by molar-refractivity contribution is -0.116. The summed E-state index contributed by atoms with van der Waals surface area (Å²) in [5.74, 6) is -0.311. The molecule has 0 bridgehead atoms. The van der Waals surface area contributed by atoms with E-state index in [0.29, 0.717) is 12.1 Å². The number of carbonyl (C=O) groups excluding carboxylic acids is 2. The molecule has 0 aliphatic rings. The van der Waals surface area contributed by atoms with Crippen LogP contribution in [0.1, 0.15) is 22.3 Å². The highest BCUT2D eigenvalue weighted by Gasteiger charge is 2.08. The molecule has 5 heteroatoms. The summed E-state index contributed by atoms with van der Waals surface area (Å²) >= 11 is 3.37. The number of carbonyl (C=O) groups is 2. The summed E-state index contributed by atoms with van der Waals surface area (Å²) in [5.41, 5.74) is 2.35. The number of hydrogen-bond acceptors (Lipinski definition) is 2. The number of amides is 2. The lowest BCUT2D eigenvalue weighted by Crippen LogP contribution is -2.27. The Kier molecular flexibility index (Phi) is 5.72. The Balaban J connectivity index is 1.80. The molecule has 2 amide bonds. The zero-order valence-electron chi connectivity index (χ0n) is 12.2. The van der Waals surface area contributed by atoms with Gasteiger partial charge >= 0.3 is 0 Å². The number of rotatable bonds is 5. The maximum Gasteiger partial charge on any atom is 0.251 e. The Morgan fingerprint density at radius 3 is 2.59 bits per heavy atom. The van der Waals surface area contributed by atoms with E-state index in [1.54, 1.807) is 6.07 Å². The largest absolute Gasteiger partial charge is 0.352 e. The fourth-order valence-corrected chi connectivity index (χ4v) is 2.34. The quantitative estimate of drug-likeness (QED) is 0.856. The molecule has 0 aliphatic heterocycles. The first-order valence-electron chi connectivity index (χ1n) is 6.95. The predicted octanol–water partition coefficient (Wildman–Crippen LogP) is 3.52. The van der Waals surface area contributed by atoms with Crippen LogP contribution in [0.5, 0.6) is 0 Å². The smallest absolute Gasteiger partial charge is 0.251 e. The molecule has 0 radical (unpaired) electrons. The summed E-state index contributed by atoms with van der Waals surface area (Å²) in [6, 6.07) is 14.7. The Labute approximate surface area is 138 Å². The Morgan fingerprint density at radius 2 is 1.86 bits per heavy atom. The first kappa shape index (κ1) is 16.2. The molecule has 0 fully saturated rings. The third-order valence-electron chi connectivity index (χ3n) is 3.07. The van der Waals surface area contributed by atoms with E-state index >= 15 is 0 Å². The molecular weight excluding hydrogens is 344 g/mol. The van der Waals surface area contributed by atoms with Crippen LogP contribution in [0, 0.1) is 6.92 Å². The average Bonchev–Trinajstić information content (AvgIpc) is 2.49. The van der Waals surface area contributed by atoms with Crippen LogP contribution in [0.2, 0.25) is 0 Å². The summed E-state index contributed by atoms with van der Waals surface area (Å²) in [6.45, 7) is 2.23. The van der Waals surface area contributed by atoms with E-state index in [0.717, 1.165) is 15.7 Å². The number of halogens is 1. The molecule has 0 aliphatic carbocycles. The van der Waals surface area contributed by atoms with Crippen molar-refractivity contribution in [3.8, 4) is 0 Å².